The number of carbonyl (C=O) groups excluding carboxylic acids is 2. The average molecular weight is 460 g/mol. The number of nitrogens with zero attached hydrogens (tertiary/aromatic N) is 1. The summed E-state index contributed by atoms with van der Waals surface area (Å²) in [5.41, 5.74) is 3.86. The predicted molar refractivity (Wildman–Crippen MR) is 130 cm³/mol. The van der Waals surface area contributed by atoms with Gasteiger partial charge in [0.15, 0.2) is 6.61 Å². The molecule has 0 aliphatic heterocycles. The van der Waals surface area contributed by atoms with Gasteiger partial charge >= 0.3 is 0 Å². The van der Waals surface area contributed by atoms with Gasteiger partial charge in [0.05, 0.1) is 0 Å². The fraction of sp³-hybridized carbons (Fsp3) is 0.115. The van der Waals surface area contributed by atoms with Crippen molar-refractivity contribution in [2.24, 2.45) is 0 Å². The van der Waals surface area contributed by atoms with Crippen LogP contribution in [0.4, 0.5) is 11.4 Å². The van der Waals surface area contributed by atoms with Crippen molar-refractivity contribution < 1.29 is 14.3 Å². The highest BCUT2D eigenvalue weighted by molar-refractivity contribution is 6.30. The van der Waals surface area contributed by atoms with Gasteiger partial charge in [-0.15, -0.1) is 0 Å². The van der Waals surface area contributed by atoms with Gasteiger partial charge in [-0.3, -0.25) is 9.59 Å². The first-order chi connectivity index (χ1) is 15.8. The number of carbonyl (C=O) groups is 2. The molecule has 0 saturated heterocycles. The molecule has 0 fully saturated rings. The Morgan fingerprint density at radius 3 is 2.48 bits per heavy atom. The zero-order chi connectivity index (χ0) is 23.8. The third kappa shape index (κ3) is 6.96. The number of aryl methyl sites for hydroxylation is 2. The molecule has 0 radical (unpaired) electrons. The number of ether oxygens (including phenoxy) is 1. The van der Waals surface area contributed by atoms with E-state index in [2.05, 4.69) is 10.6 Å². The molecule has 0 aromatic heterocycles. The number of nitrogens with one attached hydrogen (secondary N) is 2. The monoisotopic (exact) mass is 459 g/mol. The largest absolute Gasteiger partial charge is 0.484 e. The molecule has 0 heterocycles. The van der Waals surface area contributed by atoms with Crippen molar-refractivity contribution in [3.05, 3.63) is 94.0 Å². The summed E-state index contributed by atoms with van der Waals surface area (Å²) >= 11 is 5.85. The van der Waals surface area contributed by atoms with E-state index >= 15 is 0 Å². The molecular formula is C26H22ClN3O3. The number of nitriles is 1. The maximum Gasteiger partial charge on any atom is 0.266 e. The van der Waals surface area contributed by atoms with Crippen molar-refractivity contribution in [3.63, 3.8) is 0 Å². The fourth-order valence-corrected chi connectivity index (χ4v) is 3.16. The van der Waals surface area contributed by atoms with E-state index in [0.717, 1.165) is 16.8 Å². The summed E-state index contributed by atoms with van der Waals surface area (Å²) in [7, 11) is 0. The number of halogens is 1. The Morgan fingerprint density at radius 2 is 1.79 bits per heavy atom. The van der Waals surface area contributed by atoms with E-state index in [1.165, 1.54) is 6.08 Å². The van der Waals surface area contributed by atoms with Gasteiger partial charge in [-0.2, -0.15) is 5.26 Å². The smallest absolute Gasteiger partial charge is 0.266 e. The second kappa shape index (κ2) is 11.0. The lowest BCUT2D eigenvalue weighted by molar-refractivity contribution is -0.118. The second-order valence-corrected chi connectivity index (χ2v) is 7.79. The molecule has 7 heteroatoms. The molecule has 166 valence electrons. The molecule has 2 amide bonds. The number of amides is 2. The summed E-state index contributed by atoms with van der Waals surface area (Å²) in [5.74, 6) is -0.392. The second-order valence-electron chi connectivity index (χ2n) is 7.36. The minimum Gasteiger partial charge on any atom is -0.484 e. The van der Waals surface area contributed by atoms with E-state index in [1.807, 2.05) is 38.1 Å². The van der Waals surface area contributed by atoms with Crippen LogP contribution >= 0.6 is 11.6 Å². The van der Waals surface area contributed by atoms with Crippen LogP contribution in [0.3, 0.4) is 0 Å². The van der Waals surface area contributed by atoms with Gasteiger partial charge in [-0.05, 0) is 73.5 Å². The van der Waals surface area contributed by atoms with Crippen LogP contribution in [0.2, 0.25) is 5.02 Å². The molecule has 3 aromatic rings. The van der Waals surface area contributed by atoms with E-state index in [4.69, 9.17) is 16.3 Å². The first-order valence-electron chi connectivity index (χ1n) is 10.1. The number of hydrogen-bond donors (Lipinski definition) is 2. The Labute approximate surface area is 197 Å². The molecule has 3 rings (SSSR count). The van der Waals surface area contributed by atoms with E-state index in [1.54, 1.807) is 48.5 Å². The zero-order valence-corrected chi connectivity index (χ0v) is 18.9. The molecule has 0 aliphatic carbocycles. The van der Waals surface area contributed by atoms with Crippen LogP contribution in [0.25, 0.3) is 6.08 Å². The fourth-order valence-electron chi connectivity index (χ4n) is 3.03. The van der Waals surface area contributed by atoms with E-state index in [9.17, 15) is 14.9 Å². The lowest BCUT2D eigenvalue weighted by Crippen LogP contribution is -2.20. The minimum absolute atomic E-state index is 0.0744. The van der Waals surface area contributed by atoms with Gasteiger partial charge in [-0.1, -0.05) is 41.4 Å². The van der Waals surface area contributed by atoms with Gasteiger partial charge in [0.1, 0.15) is 17.4 Å². The van der Waals surface area contributed by atoms with Crippen LogP contribution in [0, 0.1) is 25.2 Å². The van der Waals surface area contributed by atoms with Gasteiger partial charge in [0.25, 0.3) is 11.8 Å². The summed E-state index contributed by atoms with van der Waals surface area (Å²) in [6.45, 7) is 3.74. The Hall–Kier alpha value is -4.08. The molecule has 0 bridgehead atoms. The van der Waals surface area contributed by atoms with Crippen molar-refractivity contribution in [2.45, 2.75) is 13.8 Å². The molecule has 2 N–H and O–H groups in total. The first-order valence-corrected chi connectivity index (χ1v) is 10.5. The van der Waals surface area contributed by atoms with E-state index in [0.29, 0.717) is 22.0 Å². The Bertz CT molecular complexity index is 1240. The predicted octanol–water partition coefficient (Wildman–Crippen LogP) is 5.52. The number of rotatable bonds is 7. The minimum atomic E-state index is -0.543. The highest BCUT2D eigenvalue weighted by atomic mass is 35.5. The topological polar surface area (TPSA) is 91.2 Å². The van der Waals surface area contributed by atoms with Crippen molar-refractivity contribution in [3.8, 4) is 11.8 Å². The van der Waals surface area contributed by atoms with Crippen LogP contribution < -0.4 is 15.4 Å². The van der Waals surface area contributed by atoms with E-state index in [-0.39, 0.29) is 18.1 Å². The van der Waals surface area contributed by atoms with Crippen LogP contribution in [0.5, 0.6) is 5.75 Å². The Kier molecular flexibility index (Phi) is 7.85. The van der Waals surface area contributed by atoms with Crippen molar-refractivity contribution in [1.29, 1.82) is 5.26 Å². The van der Waals surface area contributed by atoms with Crippen LogP contribution in [-0.2, 0) is 9.59 Å². The van der Waals surface area contributed by atoms with Gasteiger partial charge < -0.3 is 15.4 Å². The maximum absolute atomic E-state index is 12.4. The highest BCUT2D eigenvalue weighted by Crippen LogP contribution is 2.19. The number of benzene rings is 3. The lowest BCUT2D eigenvalue weighted by atomic mass is 10.1. The van der Waals surface area contributed by atoms with Gasteiger partial charge in [0, 0.05) is 16.4 Å². The average Bonchev–Trinajstić information content (AvgIpc) is 2.79. The lowest BCUT2D eigenvalue weighted by Gasteiger charge is -2.10. The summed E-state index contributed by atoms with van der Waals surface area (Å²) < 4.78 is 5.59. The standard InChI is InChI=1S/C26H22ClN3O3/c1-17-6-11-24(18(2)12-17)30-25(31)16-33-23-5-3-4-19(14-23)13-20(15-28)26(32)29-22-9-7-21(27)8-10-22/h3-14H,16H2,1-2H3,(H,29,32)(H,30,31)/b20-13-. The highest BCUT2D eigenvalue weighted by Gasteiger charge is 2.11. The third-order valence-corrected chi connectivity index (χ3v) is 4.91. The van der Waals surface area contributed by atoms with Gasteiger partial charge in [0.2, 0.25) is 0 Å². The Morgan fingerprint density at radius 1 is 1.03 bits per heavy atom. The van der Waals surface area contributed by atoms with Crippen molar-refractivity contribution in [2.75, 3.05) is 17.2 Å². The van der Waals surface area contributed by atoms with E-state index < -0.39 is 5.91 Å². The number of anilines is 2. The van der Waals surface area contributed by atoms with Crippen LogP contribution in [0.15, 0.2) is 72.3 Å². The molecule has 0 atom stereocenters. The molecule has 0 aliphatic rings. The van der Waals surface area contributed by atoms with Gasteiger partial charge in [-0.25, -0.2) is 0 Å². The van der Waals surface area contributed by atoms with Crippen LogP contribution in [-0.4, -0.2) is 18.4 Å². The normalized spacial score (nSPS) is 10.8. The zero-order valence-electron chi connectivity index (χ0n) is 18.2. The molecule has 3 aromatic carbocycles. The van der Waals surface area contributed by atoms with Crippen molar-refractivity contribution in [1.82, 2.24) is 0 Å². The molecule has 33 heavy (non-hydrogen) atoms. The van der Waals surface area contributed by atoms with Crippen LogP contribution in [0.1, 0.15) is 16.7 Å². The molecule has 0 spiro atoms. The molecule has 6 nitrogen and oxygen atoms in total. The summed E-state index contributed by atoms with van der Waals surface area (Å²) in [5, 5.41) is 15.4. The quantitative estimate of drug-likeness (QED) is 0.359. The number of hydrogen-bond acceptors (Lipinski definition) is 4. The summed E-state index contributed by atoms with van der Waals surface area (Å²) in [4.78, 5) is 24.7. The van der Waals surface area contributed by atoms with Crippen molar-refractivity contribution >= 4 is 40.9 Å². The molecule has 0 saturated carbocycles. The Balaban J connectivity index is 1.63. The molecular weight excluding hydrogens is 438 g/mol. The summed E-state index contributed by atoms with van der Waals surface area (Å²) in [6.07, 6.45) is 1.45. The maximum atomic E-state index is 12.4. The first kappa shape index (κ1) is 23.6. The SMILES string of the molecule is Cc1ccc(NC(=O)COc2cccc(/C=C(/C#N)C(=O)Nc3ccc(Cl)cc3)c2)c(C)c1. The summed E-state index contributed by atoms with van der Waals surface area (Å²) in [6, 6.07) is 21.0. The third-order valence-electron chi connectivity index (χ3n) is 4.66. The molecule has 0 unspecified atom stereocenters.